The van der Waals surface area contributed by atoms with Gasteiger partial charge in [0.05, 0.1) is 11.4 Å². The van der Waals surface area contributed by atoms with E-state index in [4.69, 9.17) is 18.5 Å². The predicted octanol–water partition coefficient (Wildman–Crippen LogP) is 3.30. The molecule has 32 heavy (non-hydrogen) atoms. The zero-order valence-corrected chi connectivity index (χ0v) is 18.5. The van der Waals surface area contributed by atoms with E-state index >= 15 is 0 Å². The number of nitrogens with one attached hydrogen (secondary N) is 1. The van der Waals surface area contributed by atoms with Crippen molar-refractivity contribution in [3.05, 3.63) is 41.5 Å². The lowest BCUT2D eigenvalue weighted by Crippen LogP contribution is -2.47. The van der Waals surface area contributed by atoms with E-state index in [1.807, 2.05) is 31.9 Å². The molecule has 1 aliphatic heterocycles. The number of alkyl halides is 3. The molecule has 2 heterocycles. The molecule has 2 aromatic rings. The summed E-state index contributed by atoms with van der Waals surface area (Å²) < 4.78 is 90.8. The maximum atomic E-state index is 13.0. The van der Waals surface area contributed by atoms with Gasteiger partial charge in [-0.3, -0.25) is 14.2 Å². The number of aromatic nitrogens is 1. The molecule has 2 atom stereocenters. The van der Waals surface area contributed by atoms with Crippen LogP contribution in [0.4, 0.5) is 13.2 Å². The smallest absolute Gasteiger partial charge is 0.361 e. The Bertz CT molecular complexity index is 1340. The fourth-order valence-corrected chi connectivity index (χ4v) is 4.06. The van der Waals surface area contributed by atoms with Crippen molar-refractivity contribution in [1.82, 2.24) is 14.8 Å². The fraction of sp³-hybridized carbons (Fsp3) is 0.476. The molecule has 1 aromatic heterocycles. The van der Waals surface area contributed by atoms with Crippen LogP contribution in [0, 0.1) is 5.92 Å². The van der Waals surface area contributed by atoms with Crippen molar-refractivity contribution in [2.75, 3.05) is 26.7 Å². The second kappa shape index (κ2) is 8.87. The van der Waals surface area contributed by atoms with Crippen molar-refractivity contribution in [2.24, 2.45) is 5.92 Å². The number of carbonyl (C=O) groups is 1. The molecule has 7 nitrogen and oxygen atoms in total. The lowest BCUT2D eigenvalue weighted by Gasteiger charge is -2.40. The Labute approximate surface area is 190 Å². The van der Waals surface area contributed by atoms with Crippen LogP contribution in [-0.2, 0) is 21.3 Å². The average molecular weight is 478 g/mol. The van der Waals surface area contributed by atoms with Crippen LogP contribution in [-0.4, -0.2) is 71.9 Å². The van der Waals surface area contributed by atoms with Crippen molar-refractivity contribution >= 4 is 32.5 Å². The molecule has 0 fully saturated rings. The molecule has 0 unspecified atom stereocenters. The van der Waals surface area contributed by atoms with Crippen LogP contribution in [0.2, 0.25) is 0 Å². The number of fused-ring (bicyclic) bond motifs is 2. The van der Waals surface area contributed by atoms with Gasteiger partial charge in [-0.25, -0.2) is 0 Å². The highest BCUT2D eigenvalue weighted by Gasteiger charge is 2.44. The number of carbonyl (C=O) groups excluding carboxylic acids is 1. The van der Waals surface area contributed by atoms with Gasteiger partial charge in [-0.15, -0.1) is 0 Å². The summed E-state index contributed by atoms with van der Waals surface area (Å²) in [6.07, 6.45) is 2.83. The summed E-state index contributed by atoms with van der Waals surface area (Å²) in [7, 11) is -3.87. The molecule has 1 aromatic carbocycles. The van der Waals surface area contributed by atoms with Crippen LogP contribution in [0.25, 0.3) is 16.5 Å². The number of hydrogen-bond donors (Lipinski definition) is 2. The molecular weight excluding hydrogens is 447 g/mol. The van der Waals surface area contributed by atoms with Crippen molar-refractivity contribution in [3.8, 4) is 0 Å². The summed E-state index contributed by atoms with van der Waals surface area (Å²) in [5.74, 6) is -0.221. The molecule has 2 N–H and O–H groups in total. The zero-order chi connectivity index (χ0) is 27.3. The number of benzene rings is 1. The molecule has 0 spiro atoms. The third-order valence-electron chi connectivity index (χ3n) is 5.64. The maximum Gasteiger partial charge on any atom is 0.522 e. The zero-order valence-electron chi connectivity index (χ0n) is 21.7. The van der Waals surface area contributed by atoms with Gasteiger partial charge in [-0.05, 0) is 50.1 Å². The standard InChI is InChI=1S/C20H25N3O.CHF3O3S/c1-4-23(5-2)20(24)14-9-16-15-7-6-8-17-19(15)13(11-21-17)10-18(16)22(3)12-14;2-1(3,4)8(5,6)7/h6-9,11,14,18,21H,4-5,10,12H2,1-3H3;(H,5,6,7)/t14-,18-;/m1./s1/i6D,7D,8D,11D;. The van der Waals surface area contributed by atoms with Gasteiger partial charge in [0, 0.05) is 42.8 Å². The van der Waals surface area contributed by atoms with Crippen LogP contribution in [0.5, 0.6) is 0 Å². The molecule has 0 bridgehead atoms. The first-order chi connectivity index (χ1) is 16.5. The highest BCUT2D eigenvalue weighted by molar-refractivity contribution is 7.86. The van der Waals surface area contributed by atoms with Gasteiger partial charge in [-0.2, -0.15) is 21.6 Å². The van der Waals surface area contributed by atoms with E-state index in [0.717, 1.165) is 11.1 Å². The largest absolute Gasteiger partial charge is 0.522 e. The molecular formula is C21H26F3N3O4S. The first kappa shape index (κ1) is 19.1. The van der Waals surface area contributed by atoms with E-state index in [-0.39, 0.29) is 42.2 Å². The van der Waals surface area contributed by atoms with E-state index < -0.39 is 15.6 Å². The summed E-state index contributed by atoms with van der Waals surface area (Å²) in [5, 5.41) is 0.711. The van der Waals surface area contributed by atoms with Gasteiger partial charge in [0.1, 0.15) is 0 Å². The van der Waals surface area contributed by atoms with Gasteiger partial charge in [0.15, 0.2) is 0 Å². The van der Waals surface area contributed by atoms with Gasteiger partial charge in [0.2, 0.25) is 5.91 Å². The van der Waals surface area contributed by atoms with Crippen molar-refractivity contribution < 1.29 is 36.4 Å². The number of rotatable bonds is 3. The van der Waals surface area contributed by atoms with Crippen LogP contribution in [0.3, 0.4) is 0 Å². The molecule has 0 radical (unpaired) electrons. The van der Waals surface area contributed by atoms with Gasteiger partial charge in [0.25, 0.3) is 0 Å². The Morgan fingerprint density at radius 1 is 1.34 bits per heavy atom. The minimum atomic E-state index is -5.84. The topological polar surface area (TPSA) is 93.7 Å². The number of halogens is 3. The third-order valence-corrected chi connectivity index (χ3v) is 6.23. The van der Waals surface area contributed by atoms with Crippen molar-refractivity contribution in [1.29, 1.82) is 0 Å². The number of H-pyrrole nitrogens is 1. The van der Waals surface area contributed by atoms with E-state index in [1.165, 1.54) is 0 Å². The van der Waals surface area contributed by atoms with Crippen molar-refractivity contribution in [3.63, 3.8) is 0 Å². The SMILES string of the molecule is O=S(=O)(O)C(F)(F)F.[2H]c1[nH]c2c([2H])c([2H])c([2H])c3c2c1C[C@@H]1C3=C[C@@H](C(=O)N(CC)CC)CN1C. The number of amides is 1. The van der Waals surface area contributed by atoms with E-state index in [0.29, 0.717) is 42.5 Å². The number of likely N-dealkylation sites (N-methyl/N-ethyl adjacent to an activating group) is 1. The Hall–Kier alpha value is -2.37. The molecule has 0 saturated carbocycles. The summed E-state index contributed by atoms with van der Waals surface area (Å²) in [5.41, 5.74) is -2.78. The summed E-state index contributed by atoms with van der Waals surface area (Å²) in [6, 6.07) is -0.200. The lowest BCUT2D eigenvalue weighted by molar-refractivity contribution is -0.134. The number of aromatic amines is 1. The minimum Gasteiger partial charge on any atom is -0.361 e. The predicted molar refractivity (Wildman–Crippen MR) is 115 cm³/mol. The van der Waals surface area contributed by atoms with E-state index in [1.54, 1.807) is 0 Å². The summed E-state index contributed by atoms with van der Waals surface area (Å²) in [6.45, 7) is 5.85. The Balaban J connectivity index is 0.000000392. The third kappa shape index (κ3) is 4.55. The first-order valence-electron chi connectivity index (χ1n) is 11.9. The van der Waals surface area contributed by atoms with Crippen LogP contribution < -0.4 is 0 Å². The molecule has 0 saturated heterocycles. The molecule has 11 heteroatoms. The second-order valence-corrected chi connectivity index (χ2v) is 8.96. The maximum absolute atomic E-state index is 13.0. The Kier molecular flexibility index (Phi) is 5.31. The second-order valence-electron chi connectivity index (χ2n) is 7.55. The highest BCUT2D eigenvalue weighted by atomic mass is 32.2. The Morgan fingerprint density at radius 2 is 1.97 bits per heavy atom. The molecule has 2 aliphatic rings. The number of nitrogens with zero attached hydrogens (tertiary/aromatic N) is 2. The molecule has 4 rings (SSSR count). The average Bonchev–Trinajstić information content (AvgIpc) is 3.11. The summed E-state index contributed by atoms with van der Waals surface area (Å²) >= 11 is 0. The molecule has 176 valence electrons. The van der Waals surface area contributed by atoms with E-state index in [9.17, 15) is 18.0 Å². The van der Waals surface area contributed by atoms with Crippen LogP contribution in [0.1, 0.15) is 30.5 Å². The van der Waals surface area contributed by atoms with Gasteiger partial charge < -0.3 is 9.88 Å². The minimum absolute atomic E-state index is 0.0121. The van der Waals surface area contributed by atoms with Crippen LogP contribution in [0.15, 0.2) is 30.4 Å². The van der Waals surface area contributed by atoms with Crippen LogP contribution >= 0.6 is 0 Å². The first-order valence-corrected chi connectivity index (χ1v) is 11.3. The monoisotopic (exact) mass is 477 g/mol. The molecule has 1 aliphatic carbocycles. The lowest BCUT2D eigenvalue weighted by atomic mass is 9.79. The highest BCUT2D eigenvalue weighted by Crippen LogP contribution is 2.40. The quantitative estimate of drug-likeness (QED) is 0.523. The molecule has 1 amide bonds. The fourth-order valence-electron chi connectivity index (χ4n) is 4.06. The number of hydrogen-bond acceptors (Lipinski definition) is 4. The van der Waals surface area contributed by atoms with Crippen molar-refractivity contribution in [2.45, 2.75) is 31.8 Å². The normalized spacial score (nSPS) is 22.5. The Morgan fingerprint density at radius 3 is 2.53 bits per heavy atom. The van der Waals surface area contributed by atoms with Gasteiger partial charge in [-0.1, -0.05) is 18.2 Å². The summed E-state index contributed by atoms with van der Waals surface area (Å²) in [4.78, 5) is 19.9. The van der Waals surface area contributed by atoms with E-state index in [2.05, 4.69) is 9.88 Å². The van der Waals surface area contributed by atoms with Gasteiger partial charge >= 0.3 is 15.6 Å².